The summed E-state index contributed by atoms with van der Waals surface area (Å²) in [5.74, 6) is 0.0763. The standard InChI is InChI=1S/C15H20N4OS/c1-11-10-16-14(21-11)15(2)5-8-19(9-6-15)13(20)12-4-7-17-18(12)3/h4,7,10H,5-6,8-9H2,1-3H3. The van der Waals surface area contributed by atoms with Crippen LogP contribution >= 0.6 is 11.3 Å². The van der Waals surface area contributed by atoms with E-state index in [-0.39, 0.29) is 11.3 Å². The van der Waals surface area contributed by atoms with E-state index in [0.717, 1.165) is 25.9 Å². The van der Waals surface area contributed by atoms with Crippen molar-refractivity contribution in [1.29, 1.82) is 0 Å². The SMILES string of the molecule is Cc1cnc(C2(C)CCN(C(=O)c3ccnn3C)CC2)s1. The first-order valence-corrected chi connectivity index (χ1v) is 8.01. The zero-order valence-electron chi connectivity index (χ0n) is 12.7. The minimum atomic E-state index is 0.0763. The molecule has 2 aromatic rings. The van der Waals surface area contributed by atoms with Crippen molar-refractivity contribution in [3.63, 3.8) is 0 Å². The van der Waals surface area contributed by atoms with Crippen LogP contribution in [0, 0.1) is 6.92 Å². The van der Waals surface area contributed by atoms with Gasteiger partial charge in [0.25, 0.3) is 5.91 Å². The van der Waals surface area contributed by atoms with E-state index >= 15 is 0 Å². The van der Waals surface area contributed by atoms with E-state index in [0.29, 0.717) is 5.69 Å². The average Bonchev–Trinajstić information content (AvgIpc) is 3.08. The lowest BCUT2D eigenvalue weighted by Crippen LogP contribution is -2.44. The molecule has 0 bridgehead atoms. The number of thiazole rings is 1. The van der Waals surface area contributed by atoms with Crippen molar-refractivity contribution < 1.29 is 4.79 Å². The molecule has 2 aromatic heterocycles. The summed E-state index contributed by atoms with van der Waals surface area (Å²) in [5.41, 5.74) is 0.756. The number of aryl methyl sites for hydroxylation is 2. The molecule has 1 aliphatic rings. The van der Waals surface area contributed by atoms with E-state index in [1.165, 1.54) is 9.88 Å². The number of amides is 1. The van der Waals surface area contributed by atoms with Crippen LogP contribution in [-0.4, -0.2) is 38.7 Å². The molecule has 0 spiro atoms. The zero-order valence-corrected chi connectivity index (χ0v) is 13.5. The summed E-state index contributed by atoms with van der Waals surface area (Å²) in [7, 11) is 1.81. The fourth-order valence-electron chi connectivity index (χ4n) is 2.80. The van der Waals surface area contributed by atoms with Crippen LogP contribution in [0.15, 0.2) is 18.5 Å². The number of piperidine rings is 1. The fraction of sp³-hybridized carbons (Fsp3) is 0.533. The van der Waals surface area contributed by atoms with E-state index < -0.39 is 0 Å². The number of hydrogen-bond donors (Lipinski definition) is 0. The molecular formula is C15H20N4OS. The third-order valence-corrected chi connectivity index (χ3v) is 5.55. The van der Waals surface area contributed by atoms with E-state index in [1.54, 1.807) is 35.3 Å². The molecule has 5 nitrogen and oxygen atoms in total. The monoisotopic (exact) mass is 304 g/mol. The Morgan fingerprint density at radius 2 is 2.10 bits per heavy atom. The van der Waals surface area contributed by atoms with Gasteiger partial charge in [-0.05, 0) is 25.8 Å². The molecule has 21 heavy (non-hydrogen) atoms. The summed E-state index contributed by atoms with van der Waals surface area (Å²) in [6.45, 7) is 5.90. The third-order valence-electron chi connectivity index (χ3n) is 4.33. The minimum Gasteiger partial charge on any atom is -0.337 e. The molecule has 6 heteroatoms. The van der Waals surface area contributed by atoms with Crippen molar-refractivity contribution in [2.24, 2.45) is 7.05 Å². The number of carbonyl (C=O) groups excluding carboxylic acids is 1. The highest BCUT2D eigenvalue weighted by Crippen LogP contribution is 2.37. The number of carbonyl (C=O) groups is 1. The molecule has 0 N–H and O–H groups in total. The summed E-state index contributed by atoms with van der Waals surface area (Å²) >= 11 is 1.77. The predicted molar refractivity (Wildman–Crippen MR) is 82.5 cm³/mol. The highest BCUT2D eigenvalue weighted by Gasteiger charge is 2.36. The van der Waals surface area contributed by atoms with Crippen molar-refractivity contribution in [3.05, 3.63) is 34.0 Å². The molecule has 1 amide bonds. The van der Waals surface area contributed by atoms with Crippen molar-refractivity contribution in [2.75, 3.05) is 13.1 Å². The second-order valence-corrected chi connectivity index (χ2v) is 7.20. The molecule has 0 radical (unpaired) electrons. The molecule has 0 unspecified atom stereocenters. The highest BCUT2D eigenvalue weighted by molar-refractivity contribution is 7.11. The molecule has 0 aromatic carbocycles. The van der Waals surface area contributed by atoms with Gasteiger partial charge in [0.05, 0.1) is 5.01 Å². The summed E-state index contributed by atoms with van der Waals surface area (Å²) in [4.78, 5) is 20.2. The zero-order chi connectivity index (χ0) is 15.0. The maximum Gasteiger partial charge on any atom is 0.272 e. The largest absolute Gasteiger partial charge is 0.337 e. The Labute approximate surface area is 128 Å². The summed E-state index contributed by atoms with van der Waals surface area (Å²) in [5, 5.41) is 5.27. The van der Waals surface area contributed by atoms with Crippen LogP contribution in [0.25, 0.3) is 0 Å². The van der Waals surface area contributed by atoms with Crippen molar-refractivity contribution in [1.82, 2.24) is 19.7 Å². The van der Waals surface area contributed by atoms with Gasteiger partial charge in [0.15, 0.2) is 0 Å². The quantitative estimate of drug-likeness (QED) is 0.856. The van der Waals surface area contributed by atoms with E-state index in [1.807, 2.05) is 11.1 Å². The molecular weight excluding hydrogens is 284 g/mol. The number of hydrogen-bond acceptors (Lipinski definition) is 4. The predicted octanol–water partition coefficient (Wildman–Crippen LogP) is 2.38. The number of aromatic nitrogens is 3. The van der Waals surface area contributed by atoms with E-state index in [2.05, 4.69) is 23.9 Å². The second kappa shape index (κ2) is 5.26. The van der Waals surface area contributed by atoms with Gasteiger partial charge >= 0.3 is 0 Å². The van der Waals surface area contributed by atoms with Gasteiger partial charge < -0.3 is 4.90 Å². The molecule has 112 valence electrons. The summed E-state index contributed by atoms with van der Waals surface area (Å²) in [6.07, 6.45) is 5.53. The molecule has 0 atom stereocenters. The Kier molecular flexibility index (Phi) is 3.57. The lowest BCUT2D eigenvalue weighted by Gasteiger charge is -2.38. The molecule has 0 aliphatic carbocycles. The maximum absolute atomic E-state index is 12.5. The van der Waals surface area contributed by atoms with E-state index in [9.17, 15) is 4.79 Å². The normalized spacial score (nSPS) is 18.0. The second-order valence-electron chi connectivity index (χ2n) is 5.97. The van der Waals surface area contributed by atoms with Crippen LogP contribution in [0.2, 0.25) is 0 Å². The lowest BCUT2D eigenvalue weighted by atomic mass is 9.81. The van der Waals surface area contributed by atoms with Gasteiger partial charge in [-0.2, -0.15) is 5.10 Å². The lowest BCUT2D eigenvalue weighted by molar-refractivity contribution is 0.0665. The number of nitrogens with zero attached hydrogens (tertiary/aromatic N) is 4. The Bertz CT molecular complexity index is 652. The fourth-order valence-corrected chi connectivity index (χ4v) is 3.76. The van der Waals surface area contributed by atoms with Crippen molar-refractivity contribution >= 4 is 17.2 Å². The first-order chi connectivity index (χ1) is 9.99. The number of likely N-dealkylation sites (tertiary alicyclic amines) is 1. The molecule has 1 saturated heterocycles. The van der Waals surface area contributed by atoms with Crippen molar-refractivity contribution in [3.8, 4) is 0 Å². The topological polar surface area (TPSA) is 51.0 Å². The van der Waals surface area contributed by atoms with Crippen LogP contribution in [0.5, 0.6) is 0 Å². The Hall–Kier alpha value is -1.69. The minimum absolute atomic E-state index is 0.0763. The van der Waals surface area contributed by atoms with Crippen molar-refractivity contribution in [2.45, 2.75) is 32.1 Å². The average molecular weight is 304 g/mol. The van der Waals surface area contributed by atoms with Crippen LogP contribution in [-0.2, 0) is 12.5 Å². The molecule has 1 fully saturated rings. The first kappa shape index (κ1) is 14.3. The summed E-state index contributed by atoms with van der Waals surface area (Å²) < 4.78 is 1.64. The molecule has 0 saturated carbocycles. The van der Waals surface area contributed by atoms with Gasteiger partial charge in [0.1, 0.15) is 5.69 Å². The summed E-state index contributed by atoms with van der Waals surface area (Å²) in [6, 6.07) is 1.78. The number of rotatable bonds is 2. The third kappa shape index (κ3) is 2.60. The molecule has 1 aliphatic heterocycles. The van der Waals surface area contributed by atoms with Gasteiger partial charge in [-0.25, -0.2) is 4.98 Å². The molecule has 3 heterocycles. The highest BCUT2D eigenvalue weighted by atomic mass is 32.1. The smallest absolute Gasteiger partial charge is 0.272 e. The van der Waals surface area contributed by atoms with Gasteiger partial charge in [-0.1, -0.05) is 6.92 Å². The van der Waals surface area contributed by atoms with Gasteiger partial charge in [0, 0.05) is 42.8 Å². The molecule has 3 rings (SSSR count). The van der Waals surface area contributed by atoms with Crippen LogP contribution in [0.1, 0.15) is 40.1 Å². The van der Waals surface area contributed by atoms with Crippen LogP contribution in [0.4, 0.5) is 0 Å². The Balaban J connectivity index is 1.70. The maximum atomic E-state index is 12.5. The Morgan fingerprint density at radius 1 is 1.38 bits per heavy atom. The van der Waals surface area contributed by atoms with Gasteiger partial charge in [-0.15, -0.1) is 11.3 Å². The first-order valence-electron chi connectivity index (χ1n) is 7.20. The van der Waals surface area contributed by atoms with Crippen LogP contribution in [0.3, 0.4) is 0 Å². The van der Waals surface area contributed by atoms with E-state index in [4.69, 9.17) is 0 Å². The van der Waals surface area contributed by atoms with Crippen LogP contribution < -0.4 is 0 Å². The van der Waals surface area contributed by atoms with Gasteiger partial charge in [-0.3, -0.25) is 9.48 Å². The Morgan fingerprint density at radius 3 is 2.62 bits per heavy atom. The van der Waals surface area contributed by atoms with Gasteiger partial charge in [0.2, 0.25) is 0 Å².